The van der Waals surface area contributed by atoms with Gasteiger partial charge in [0.05, 0.1) is 6.20 Å². The Bertz CT molecular complexity index is 145. The van der Waals surface area contributed by atoms with Gasteiger partial charge in [-0.25, -0.2) is 0 Å². The normalized spacial score (nSPS) is 9.29. The average molecular weight is 117 g/mol. The van der Waals surface area contributed by atoms with Crippen LogP contribution in [-0.4, -0.2) is 20.4 Å². The number of rotatable bonds is 0. The number of hydrogen-bond donors (Lipinski definition) is 1. The van der Waals surface area contributed by atoms with E-state index in [4.69, 9.17) is 5.21 Å². The Morgan fingerprint density at radius 2 is 2.57 bits per heavy atom. The molecule has 1 N–H and O–H groups in total. The Kier molecular flexibility index (Phi) is 0.947. The molecule has 0 saturated heterocycles. The predicted octanol–water partition coefficient (Wildman–Crippen LogP) is -0.984. The third kappa shape index (κ3) is 0.871. The minimum Gasteiger partial charge on any atom is -0.410 e. The van der Waals surface area contributed by atoms with Gasteiger partial charge in [0.2, 0.25) is 0 Å². The van der Waals surface area contributed by atoms with Crippen LogP contribution in [0.5, 0.6) is 0 Å². The molecule has 1 heterocycles. The molecule has 0 aliphatic rings. The first-order chi connectivity index (χ1) is 3.29. The van der Waals surface area contributed by atoms with Crippen molar-refractivity contribution in [2.45, 2.75) is 0 Å². The second-order valence-electron chi connectivity index (χ2n) is 1.06. The van der Waals surface area contributed by atoms with Gasteiger partial charge in [0.15, 0.2) is 0 Å². The SMILES string of the molecule is On1cc(P)nn1. The van der Waals surface area contributed by atoms with Crippen molar-refractivity contribution in [1.29, 1.82) is 0 Å². The van der Waals surface area contributed by atoms with Gasteiger partial charge in [-0.05, 0) is 5.21 Å². The summed E-state index contributed by atoms with van der Waals surface area (Å²) in [6.07, 6.45) is 1.38. The van der Waals surface area contributed by atoms with Gasteiger partial charge in [0.1, 0.15) is 5.44 Å². The molecule has 1 aromatic heterocycles. The molecule has 0 aromatic carbocycles. The third-order valence-corrected chi connectivity index (χ3v) is 0.764. The lowest BCUT2D eigenvalue weighted by Gasteiger charge is -1.74. The van der Waals surface area contributed by atoms with Crippen molar-refractivity contribution in [3.8, 4) is 0 Å². The summed E-state index contributed by atoms with van der Waals surface area (Å²) < 4.78 is 0. The summed E-state index contributed by atoms with van der Waals surface area (Å²) in [7, 11) is 2.30. The minimum atomic E-state index is 0.627. The van der Waals surface area contributed by atoms with Gasteiger partial charge >= 0.3 is 0 Å². The lowest BCUT2D eigenvalue weighted by atomic mass is 10.9. The highest BCUT2D eigenvalue weighted by Gasteiger charge is 1.86. The summed E-state index contributed by atoms with van der Waals surface area (Å²) in [6, 6.07) is 0. The zero-order valence-corrected chi connectivity index (χ0v) is 4.60. The summed E-state index contributed by atoms with van der Waals surface area (Å²) in [5.41, 5.74) is 0.627. The Labute approximate surface area is 42.3 Å². The molecule has 0 bridgehead atoms. The molecule has 0 amide bonds. The van der Waals surface area contributed by atoms with E-state index in [1.54, 1.807) is 0 Å². The molecule has 0 fully saturated rings. The van der Waals surface area contributed by atoms with Crippen LogP contribution in [0.25, 0.3) is 0 Å². The fourth-order valence-corrected chi connectivity index (χ4v) is 0.452. The molecule has 0 saturated carbocycles. The average Bonchev–Trinajstić information content (AvgIpc) is 1.87. The van der Waals surface area contributed by atoms with Crippen molar-refractivity contribution in [3.05, 3.63) is 6.20 Å². The zero-order chi connectivity index (χ0) is 5.28. The van der Waals surface area contributed by atoms with E-state index in [0.717, 1.165) is 0 Å². The number of aromatic nitrogens is 3. The summed E-state index contributed by atoms with van der Waals surface area (Å²) in [5, 5.41) is 15.0. The van der Waals surface area contributed by atoms with Crippen LogP contribution in [0.3, 0.4) is 0 Å². The van der Waals surface area contributed by atoms with E-state index in [-0.39, 0.29) is 0 Å². The van der Waals surface area contributed by atoms with E-state index >= 15 is 0 Å². The first-order valence-corrected chi connectivity index (χ1v) is 2.24. The standard InChI is InChI=1S/C2H4N3OP/c6-5-1-2(7)3-4-5/h1,6H,7H2. The largest absolute Gasteiger partial charge is 0.410 e. The van der Waals surface area contributed by atoms with Gasteiger partial charge in [-0.1, -0.05) is 14.1 Å². The highest BCUT2D eigenvalue weighted by Crippen LogP contribution is 1.76. The molecule has 7 heavy (non-hydrogen) atoms. The zero-order valence-electron chi connectivity index (χ0n) is 3.44. The molecular weight excluding hydrogens is 113 g/mol. The summed E-state index contributed by atoms with van der Waals surface area (Å²) >= 11 is 0. The van der Waals surface area contributed by atoms with Crippen LogP contribution in [0.2, 0.25) is 0 Å². The molecule has 0 radical (unpaired) electrons. The van der Waals surface area contributed by atoms with Crippen molar-refractivity contribution in [2.24, 2.45) is 0 Å². The molecule has 1 rings (SSSR count). The maximum Gasteiger partial charge on any atom is 0.103 e. The Hall–Kier alpha value is -0.630. The van der Waals surface area contributed by atoms with E-state index in [2.05, 4.69) is 19.6 Å². The fourth-order valence-electron chi connectivity index (χ4n) is 0.267. The van der Waals surface area contributed by atoms with Gasteiger partial charge in [0.25, 0.3) is 0 Å². The maximum atomic E-state index is 8.38. The second kappa shape index (κ2) is 1.46. The van der Waals surface area contributed by atoms with Crippen molar-refractivity contribution >= 4 is 14.7 Å². The first-order valence-electron chi connectivity index (χ1n) is 1.66. The lowest BCUT2D eigenvalue weighted by Crippen LogP contribution is -1.88. The van der Waals surface area contributed by atoms with Crippen LogP contribution in [0.15, 0.2) is 6.20 Å². The lowest BCUT2D eigenvalue weighted by molar-refractivity contribution is 0.143. The minimum absolute atomic E-state index is 0.627. The van der Waals surface area contributed by atoms with E-state index in [0.29, 0.717) is 10.3 Å². The van der Waals surface area contributed by atoms with Crippen LogP contribution in [-0.2, 0) is 0 Å². The van der Waals surface area contributed by atoms with Gasteiger partial charge < -0.3 is 5.21 Å². The van der Waals surface area contributed by atoms with Crippen molar-refractivity contribution in [2.75, 3.05) is 0 Å². The molecular formula is C2H4N3OP. The quantitative estimate of drug-likeness (QED) is 0.351. The van der Waals surface area contributed by atoms with Crippen LogP contribution >= 0.6 is 9.24 Å². The summed E-state index contributed by atoms with van der Waals surface area (Å²) in [4.78, 5) is 0.655. The van der Waals surface area contributed by atoms with Gasteiger partial charge in [-0.3, -0.25) is 0 Å². The summed E-state index contributed by atoms with van der Waals surface area (Å²) in [5.74, 6) is 0. The molecule has 1 aromatic rings. The maximum absolute atomic E-state index is 8.38. The highest BCUT2D eigenvalue weighted by molar-refractivity contribution is 7.26. The first kappa shape index (κ1) is 4.53. The molecule has 1 unspecified atom stereocenters. The Balaban J connectivity index is 3.04. The third-order valence-electron chi connectivity index (χ3n) is 0.500. The highest BCUT2D eigenvalue weighted by atomic mass is 31.0. The van der Waals surface area contributed by atoms with Crippen LogP contribution in [0.1, 0.15) is 0 Å². The molecule has 4 nitrogen and oxygen atoms in total. The van der Waals surface area contributed by atoms with Gasteiger partial charge in [-0.2, -0.15) is 0 Å². The Morgan fingerprint density at radius 1 is 1.86 bits per heavy atom. The molecule has 38 valence electrons. The van der Waals surface area contributed by atoms with Crippen molar-refractivity contribution < 1.29 is 5.21 Å². The summed E-state index contributed by atoms with van der Waals surface area (Å²) in [6.45, 7) is 0. The topological polar surface area (TPSA) is 50.9 Å². The second-order valence-corrected chi connectivity index (χ2v) is 1.66. The Morgan fingerprint density at radius 3 is 2.71 bits per heavy atom. The molecule has 5 heteroatoms. The van der Waals surface area contributed by atoms with Gasteiger partial charge in [-0.15, -0.1) is 5.10 Å². The van der Waals surface area contributed by atoms with E-state index in [1.807, 2.05) is 0 Å². The van der Waals surface area contributed by atoms with Crippen LogP contribution in [0, 0.1) is 0 Å². The number of hydrogen-bond acceptors (Lipinski definition) is 3. The van der Waals surface area contributed by atoms with E-state index in [9.17, 15) is 0 Å². The molecule has 0 aliphatic heterocycles. The van der Waals surface area contributed by atoms with Gasteiger partial charge in [0, 0.05) is 0 Å². The monoisotopic (exact) mass is 117 g/mol. The molecule has 0 aliphatic carbocycles. The molecule has 0 spiro atoms. The number of nitrogens with zero attached hydrogens (tertiary/aromatic N) is 3. The van der Waals surface area contributed by atoms with Crippen molar-refractivity contribution in [1.82, 2.24) is 15.2 Å². The smallest absolute Gasteiger partial charge is 0.103 e. The van der Waals surface area contributed by atoms with Crippen molar-refractivity contribution in [3.63, 3.8) is 0 Å². The van der Waals surface area contributed by atoms with E-state index in [1.165, 1.54) is 6.20 Å². The molecule has 1 atom stereocenters. The van der Waals surface area contributed by atoms with E-state index < -0.39 is 0 Å². The van der Waals surface area contributed by atoms with Crippen LogP contribution < -0.4 is 5.44 Å². The predicted molar refractivity (Wildman–Crippen MR) is 26.6 cm³/mol. The fraction of sp³-hybridized carbons (Fsp3) is 0. The van der Waals surface area contributed by atoms with Crippen LogP contribution in [0.4, 0.5) is 0 Å².